The number of amides is 2. The predicted octanol–water partition coefficient (Wildman–Crippen LogP) is 6.99. The van der Waals surface area contributed by atoms with E-state index in [1.165, 1.54) is 10.5 Å². The number of anilines is 1. The van der Waals surface area contributed by atoms with Crippen molar-refractivity contribution in [2.75, 3.05) is 4.90 Å². The molecule has 2 amide bonds. The highest BCUT2D eigenvalue weighted by Gasteiger charge is 2.60. The van der Waals surface area contributed by atoms with Crippen LogP contribution >= 0.6 is 11.6 Å². The fraction of sp³-hybridized carbons (Fsp3) is 0.250. The molecule has 44 heavy (non-hydrogen) atoms. The summed E-state index contributed by atoms with van der Waals surface area (Å²) in [5.74, 6) is -1.52. The number of ketones is 1. The number of nitrogens with zero attached hydrogens (tertiary/aromatic N) is 2. The van der Waals surface area contributed by atoms with E-state index in [0.29, 0.717) is 44.0 Å². The molecule has 220 valence electrons. The fourth-order valence-electron chi connectivity index (χ4n) is 7.15. The lowest BCUT2D eigenvalue weighted by Crippen LogP contribution is -2.32. The van der Waals surface area contributed by atoms with Gasteiger partial charge in [0, 0.05) is 21.5 Å². The van der Waals surface area contributed by atoms with Crippen molar-refractivity contribution in [2.45, 2.75) is 33.3 Å². The van der Waals surface area contributed by atoms with Crippen molar-refractivity contribution < 1.29 is 23.9 Å². The Morgan fingerprint density at radius 1 is 0.955 bits per heavy atom. The Morgan fingerprint density at radius 2 is 1.66 bits per heavy atom. The van der Waals surface area contributed by atoms with Crippen LogP contribution in [0.15, 0.2) is 84.4 Å². The summed E-state index contributed by atoms with van der Waals surface area (Å²) in [7, 11) is 0. The Labute approximate surface area is 259 Å². The molecule has 1 aliphatic heterocycles. The van der Waals surface area contributed by atoms with E-state index in [1.807, 2.05) is 19.9 Å². The number of imide groups is 1. The molecule has 2 heterocycles. The zero-order valence-corrected chi connectivity index (χ0v) is 25.2. The molecule has 7 rings (SSSR count). The highest BCUT2D eigenvalue weighted by atomic mass is 35.5. The molecule has 1 saturated carbocycles. The lowest BCUT2D eigenvalue weighted by molar-refractivity contribution is -0.123. The van der Waals surface area contributed by atoms with Crippen LogP contribution in [0.2, 0.25) is 5.02 Å². The molecule has 1 aromatic heterocycles. The van der Waals surface area contributed by atoms with Crippen LogP contribution in [0.25, 0.3) is 22.2 Å². The SMILES string of the molecule is CC1=CC2CC1C1C(=O)N(c3ccc(-c4cc(C(=O)OC(C)C(=O)c5ccccc5)c5ccc(Cl)c(C)c5n4)cc3)C(=O)C21. The van der Waals surface area contributed by atoms with Gasteiger partial charge in [-0.15, -0.1) is 0 Å². The van der Waals surface area contributed by atoms with Crippen LogP contribution in [0.4, 0.5) is 5.69 Å². The monoisotopic (exact) mass is 604 g/mol. The number of Topliss-reactive ketones (excluding diaryl/α,β-unsaturated/α-hetero) is 1. The number of benzene rings is 3. The third-order valence-electron chi connectivity index (χ3n) is 9.40. The maximum absolute atomic E-state index is 13.5. The van der Waals surface area contributed by atoms with E-state index in [1.54, 1.807) is 73.7 Å². The summed E-state index contributed by atoms with van der Waals surface area (Å²) in [6.45, 7) is 5.43. The van der Waals surface area contributed by atoms with Gasteiger partial charge in [0.2, 0.25) is 17.6 Å². The first-order valence-electron chi connectivity index (χ1n) is 14.7. The molecule has 2 aliphatic carbocycles. The van der Waals surface area contributed by atoms with Crippen LogP contribution in [-0.4, -0.2) is 34.7 Å². The Morgan fingerprint density at radius 3 is 2.39 bits per heavy atom. The molecule has 7 nitrogen and oxygen atoms in total. The van der Waals surface area contributed by atoms with Crippen molar-refractivity contribution >= 4 is 51.8 Å². The minimum Gasteiger partial charge on any atom is -0.451 e. The number of ether oxygens (including phenoxy) is 1. The number of fused-ring (bicyclic) bond motifs is 6. The van der Waals surface area contributed by atoms with Crippen molar-refractivity contribution in [3.8, 4) is 11.3 Å². The van der Waals surface area contributed by atoms with Crippen molar-refractivity contribution in [3.63, 3.8) is 0 Å². The van der Waals surface area contributed by atoms with Gasteiger partial charge in [-0.25, -0.2) is 9.78 Å². The molecule has 8 heteroatoms. The third kappa shape index (κ3) is 4.37. The van der Waals surface area contributed by atoms with Gasteiger partial charge < -0.3 is 4.74 Å². The van der Waals surface area contributed by atoms with E-state index in [9.17, 15) is 19.2 Å². The Bertz CT molecular complexity index is 1920. The van der Waals surface area contributed by atoms with Crippen LogP contribution in [-0.2, 0) is 14.3 Å². The van der Waals surface area contributed by atoms with Crippen LogP contribution in [0.5, 0.6) is 0 Å². The number of allylic oxidation sites excluding steroid dienone is 2. The summed E-state index contributed by atoms with van der Waals surface area (Å²) in [4.78, 5) is 59.4. The first-order chi connectivity index (χ1) is 21.1. The molecular formula is C36H29ClN2O5. The van der Waals surface area contributed by atoms with E-state index in [4.69, 9.17) is 21.3 Å². The van der Waals surface area contributed by atoms with Crippen LogP contribution in [0, 0.1) is 30.6 Å². The third-order valence-corrected chi connectivity index (χ3v) is 9.81. The van der Waals surface area contributed by atoms with E-state index in [-0.39, 0.29) is 46.8 Å². The maximum Gasteiger partial charge on any atom is 0.339 e. The molecule has 3 aromatic carbocycles. The Balaban J connectivity index is 1.21. The maximum atomic E-state index is 13.5. The van der Waals surface area contributed by atoms with Crippen LogP contribution < -0.4 is 4.90 Å². The fourth-order valence-corrected chi connectivity index (χ4v) is 7.30. The summed E-state index contributed by atoms with van der Waals surface area (Å²) < 4.78 is 5.66. The summed E-state index contributed by atoms with van der Waals surface area (Å²) in [5.41, 5.74) is 4.81. The molecule has 3 aliphatic rings. The number of carbonyl (C=O) groups is 4. The van der Waals surface area contributed by atoms with Crippen molar-refractivity contribution in [2.24, 2.45) is 23.7 Å². The number of rotatable bonds is 6. The lowest BCUT2D eigenvalue weighted by atomic mass is 9.82. The first kappa shape index (κ1) is 28.2. The highest BCUT2D eigenvalue weighted by molar-refractivity contribution is 6.32. The van der Waals surface area contributed by atoms with Gasteiger partial charge in [0.1, 0.15) is 0 Å². The largest absolute Gasteiger partial charge is 0.451 e. The number of aromatic nitrogens is 1. The van der Waals surface area contributed by atoms with Gasteiger partial charge >= 0.3 is 5.97 Å². The molecule has 5 atom stereocenters. The Hall–Kier alpha value is -4.62. The average Bonchev–Trinajstić information content (AvgIpc) is 3.68. The summed E-state index contributed by atoms with van der Waals surface area (Å²) in [6.07, 6.45) is 2.03. The molecule has 0 N–H and O–H groups in total. The van der Waals surface area contributed by atoms with E-state index < -0.39 is 12.1 Å². The second-order valence-corrected chi connectivity index (χ2v) is 12.3. The van der Waals surface area contributed by atoms with Crippen LogP contribution in [0.1, 0.15) is 46.5 Å². The molecular weight excluding hydrogens is 576 g/mol. The highest BCUT2D eigenvalue weighted by Crippen LogP contribution is 2.56. The lowest BCUT2D eigenvalue weighted by Gasteiger charge is -2.19. The van der Waals surface area contributed by atoms with Gasteiger partial charge in [-0.05, 0) is 68.9 Å². The molecule has 0 radical (unpaired) electrons. The average molecular weight is 605 g/mol. The number of carbonyl (C=O) groups excluding carboxylic acids is 4. The summed E-state index contributed by atoms with van der Waals surface area (Å²) in [5, 5.41) is 1.05. The van der Waals surface area contributed by atoms with Gasteiger partial charge in [0.05, 0.1) is 34.3 Å². The minimum atomic E-state index is -1.01. The smallest absolute Gasteiger partial charge is 0.339 e. The zero-order chi connectivity index (χ0) is 30.9. The second-order valence-electron chi connectivity index (χ2n) is 11.9. The Kier molecular flexibility index (Phi) is 6.74. The first-order valence-corrected chi connectivity index (χ1v) is 15.1. The minimum absolute atomic E-state index is 0.131. The van der Waals surface area contributed by atoms with Crippen molar-refractivity contribution in [1.82, 2.24) is 4.98 Å². The normalized spacial score (nSPS) is 22.7. The molecule has 2 bridgehead atoms. The zero-order valence-electron chi connectivity index (χ0n) is 24.4. The molecule has 2 fully saturated rings. The number of esters is 1. The number of hydrogen-bond acceptors (Lipinski definition) is 6. The number of pyridine rings is 1. The number of aryl methyl sites for hydroxylation is 1. The molecule has 0 spiro atoms. The van der Waals surface area contributed by atoms with E-state index in [2.05, 4.69) is 6.08 Å². The van der Waals surface area contributed by atoms with E-state index >= 15 is 0 Å². The number of halogens is 1. The van der Waals surface area contributed by atoms with Crippen molar-refractivity contribution in [1.29, 1.82) is 0 Å². The van der Waals surface area contributed by atoms with Gasteiger partial charge in [0.15, 0.2) is 6.10 Å². The molecule has 4 aromatic rings. The van der Waals surface area contributed by atoms with Crippen LogP contribution in [0.3, 0.4) is 0 Å². The van der Waals surface area contributed by atoms with Gasteiger partial charge in [0.25, 0.3) is 0 Å². The van der Waals surface area contributed by atoms with Gasteiger partial charge in [-0.1, -0.05) is 71.8 Å². The standard InChI is InChI=1S/C36H29ClN2O5/c1-18-15-23-16-26(18)31-30(23)34(41)39(35(31)42)24-11-9-21(10-12-24)29-17-27(25-13-14-28(37)19(2)32(25)38-29)36(43)44-20(3)33(40)22-7-5-4-6-8-22/h4-15,17,20,23,26,30-31H,16H2,1-3H3. The van der Waals surface area contributed by atoms with Gasteiger partial charge in [-0.3, -0.25) is 19.3 Å². The van der Waals surface area contributed by atoms with Crippen molar-refractivity contribution in [3.05, 3.63) is 106 Å². The quantitative estimate of drug-likeness (QED) is 0.102. The summed E-state index contributed by atoms with van der Waals surface area (Å²) >= 11 is 6.43. The van der Waals surface area contributed by atoms with E-state index in [0.717, 1.165) is 6.42 Å². The summed E-state index contributed by atoms with van der Waals surface area (Å²) in [6, 6.07) is 20.8. The molecule has 5 unspecified atom stereocenters. The topological polar surface area (TPSA) is 93.6 Å². The van der Waals surface area contributed by atoms with Gasteiger partial charge in [-0.2, -0.15) is 0 Å². The predicted molar refractivity (Wildman–Crippen MR) is 167 cm³/mol. The second kappa shape index (κ2) is 10.5. The molecule has 1 saturated heterocycles. The number of hydrogen-bond donors (Lipinski definition) is 0.